The molecule has 2 rings (SSSR count). The van der Waals surface area contributed by atoms with Gasteiger partial charge in [0.1, 0.15) is 11.6 Å². The predicted octanol–water partition coefficient (Wildman–Crippen LogP) is 3.04. The second kappa shape index (κ2) is 5.12. The van der Waals surface area contributed by atoms with Crippen LogP contribution in [0, 0.1) is 23.3 Å². The van der Waals surface area contributed by atoms with Crippen molar-refractivity contribution in [2.24, 2.45) is 0 Å². The van der Waals surface area contributed by atoms with Gasteiger partial charge in [-0.05, 0) is 30.3 Å². The lowest BCUT2D eigenvalue weighted by Gasteiger charge is -2.08. The number of hydrogen-bond donors (Lipinski definition) is 1. The maximum atomic E-state index is 13.0. The van der Waals surface area contributed by atoms with Crippen LogP contribution in [0.15, 0.2) is 41.3 Å². The number of hydrogen-bond acceptors (Lipinski definition) is 2. The van der Waals surface area contributed by atoms with Gasteiger partial charge in [0.15, 0.2) is 11.6 Å². The molecule has 0 unspecified atom stereocenters. The molecule has 0 saturated carbocycles. The Morgan fingerprint density at radius 3 is 1.95 bits per heavy atom. The predicted molar refractivity (Wildman–Crippen MR) is 63.5 cm³/mol. The SMILES string of the molecule is O=S(=O)(Nc1cc(F)cc(F)c1)c1ccc(F)c(F)c1. The minimum absolute atomic E-state index is 0.368. The van der Waals surface area contributed by atoms with Crippen molar-refractivity contribution in [1.29, 1.82) is 0 Å². The number of anilines is 1. The van der Waals surface area contributed by atoms with Crippen molar-refractivity contribution in [3.63, 3.8) is 0 Å². The van der Waals surface area contributed by atoms with Crippen molar-refractivity contribution in [1.82, 2.24) is 0 Å². The molecule has 0 heterocycles. The Bertz CT molecular complexity index is 742. The van der Waals surface area contributed by atoms with Gasteiger partial charge in [-0.3, -0.25) is 4.72 Å². The van der Waals surface area contributed by atoms with Crippen LogP contribution in [-0.2, 0) is 10.0 Å². The average molecular weight is 305 g/mol. The molecule has 3 nitrogen and oxygen atoms in total. The van der Waals surface area contributed by atoms with Gasteiger partial charge in [-0.15, -0.1) is 0 Å². The Morgan fingerprint density at radius 2 is 1.40 bits per heavy atom. The molecule has 0 spiro atoms. The summed E-state index contributed by atoms with van der Waals surface area (Å²) < 4.78 is 77.1. The van der Waals surface area contributed by atoms with Crippen molar-refractivity contribution in [3.8, 4) is 0 Å². The van der Waals surface area contributed by atoms with Crippen LogP contribution in [0.3, 0.4) is 0 Å². The zero-order valence-electron chi connectivity index (χ0n) is 9.70. The normalized spacial score (nSPS) is 11.4. The summed E-state index contributed by atoms with van der Waals surface area (Å²) in [5.74, 6) is -4.51. The molecule has 106 valence electrons. The summed E-state index contributed by atoms with van der Waals surface area (Å²) in [5.41, 5.74) is -0.368. The molecule has 1 N–H and O–H groups in total. The quantitative estimate of drug-likeness (QED) is 0.886. The summed E-state index contributed by atoms with van der Waals surface area (Å²) >= 11 is 0. The van der Waals surface area contributed by atoms with Crippen molar-refractivity contribution in [2.45, 2.75) is 4.90 Å². The molecule has 0 saturated heterocycles. The van der Waals surface area contributed by atoms with E-state index < -0.39 is 38.2 Å². The molecular weight excluding hydrogens is 298 g/mol. The van der Waals surface area contributed by atoms with Crippen molar-refractivity contribution in [2.75, 3.05) is 4.72 Å². The van der Waals surface area contributed by atoms with E-state index in [0.29, 0.717) is 18.2 Å². The van der Waals surface area contributed by atoms with Gasteiger partial charge >= 0.3 is 0 Å². The Morgan fingerprint density at radius 1 is 0.800 bits per heavy atom. The maximum Gasteiger partial charge on any atom is 0.262 e. The van der Waals surface area contributed by atoms with Gasteiger partial charge < -0.3 is 0 Å². The van der Waals surface area contributed by atoms with E-state index in [4.69, 9.17) is 0 Å². The van der Waals surface area contributed by atoms with Crippen LogP contribution >= 0.6 is 0 Å². The monoisotopic (exact) mass is 305 g/mol. The number of sulfonamides is 1. The third-order valence-corrected chi connectivity index (χ3v) is 3.70. The molecule has 0 aliphatic heterocycles. The minimum atomic E-state index is -4.28. The number of halogens is 4. The summed E-state index contributed by atoms with van der Waals surface area (Å²) in [5, 5.41) is 0. The lowest BCUT2D eigenvalue weighted by Crippen LogP contribution is -2.13. The van der Waals surface area contributed by atoms with Gasteiger partial charge in [0.05, 0.1) is 10.6 Å². The first-order chi connectivity index (χ1) is 9.28. The minimum Gasteiger partial charge on any atom is -0.279 e. The van der Waals surface area contributed by atoms with Crippen LogP contribution in [0.2, 0.25) is 0 Å². The van der Waals surface area contributed by atoms with E-state index in [2.05, 4.69) is 0 Å². The molecule has 0 radical (unpaired) electrons. The van der Waals surface area contributed by atoms with Gasteiger partial charge in [0, 0.05) is 6.07 Å². The second-order valence-electron chi connectivity index (χ2n) is 3.84. The van der Waals surface area contributed by atoms with E-state index >= 15 is 0 Å². The summed E-state index contributed by atoms with van der Waals surface area (Å²) in [7, 11) is -4.28. The van der Waals surface area contributed by atoms with Gasteiger partial charge in [0.2, 0.25) is 0 Å². The summed E-state index contributed by atoms with van der Waals surface area (Å²) in [6, 6.07) is 4.00. The highest BCUT2D eigenvalue weighted by molar-refractivity contribution is 7.92. The number of nitrogens with one attached hydrogen (secondary N) is 1. The van der Waals surface area contributed by atoms with E-state index in [1.54, 1.807) is 0 Å². The molecule has 0 atom stereocenters. The molecule has 8 heteroatoms. The van der Waals surface area contributed by atoms with Crippen LogP contribution in [0.25, 0.3) is 0 Å². The van der Waals surface area contributed by atoms with Crippen LogP contribution < -0.4 is 4.72 Å². The van der Waals surface area contributed by atoms with Crippen LogP contribution in [0.5, 0.6) is 0 Å². The topological polar surface area (TPSA) is 46.2 Å². The molecule has 0 aromatic heterocycles. The van der Waals surface area contributed by atoms with Crippen LogP contribution in [0.1, 0.15) is 0 Å². The first-order valence-electron chi connectivity index (χ1n) is 5.22. The third kappa shape index (κ3) is 3.08. The third-order valence-electron chi connectivity index (χ3n) is 2.32. The summed E-state index contributed by atoms with van der Waals surface area (Å²) in [4.78, 5) is -0.568. The van der Waals surface area contributed by atoms with E-state index in [9.17, 15) is 26.0 Å². The Labute approximate surface area is 111 Å². The first-order valence-corrected chi connectivity index (χ1v) is 6.70. The van der Waals surface area contributed by atoms with E-state index in [0.717, 1.165) is 18.2 Å². The first kappa shape index (κ1) is 14.3. The van der Waals surface area contributed by atoms with Gasteiger partial charge in [-0.2, -0.15) is 0 Å². The van der Waals surface area contributed by atoms with Crippen LogP contribution in [0.4, 0.5) is 23.2 Å². The molecule has 20 heavy (non-hydrogen) atoms. The summed E-state index contributed by atoms with van der Waals surface area (Å²) in [6.07, 6.45) is 0. The Kier molecular flexibility index (Phi) is 3.67. The van der Waals surface area contributed by atoms with E-state index in [1.807, 2.05) is 4.72 Å². The molecule has 0 bridgehead atoms. The fraction of sp³-hybridized carbons (Fsp3) is 0. The molecule has 0 amide bonds. The van der Waals surface area contributed by atoms with Gasteiger partial charge in [-0.25, -0.2) is 26.0 Å². The van der Waals surface area contributed by atoms with Gasteiger partial charge in [-0.1, -0.05) is 0 Å². The lowest BCUT2D eigenvalue weighted by atomic mass is 10.3. The highest BCUT2D eigenvalue weighted by Crippen LogP contribution is 2.19. The zero-order chi connectivity index (χ0) is 14.9. The number of benzene rings is 2. The van der Waals surface area contributed by atoms with Crippen molar-refractivity contribution >= 4 is 15.7 Å². The van der Waals surface area contributed by atoms with Crippen molar-refractivity contribution < 1.29 is 26.0 Å². The smallest absolute Gasteiger partial charge is 0.262 e. The zero-order valence-corrected chi connectivity index (χ0v) is 10.5. The molecule has 0 aliphatic rings. The average Bonchev–Trinajstić information content (AvgIpc) is 2.30. The maximum absolute atomic E-state index is 13.0. The molecule has 2 aromatic rings. The van der Waals surface area contributed by atoms with E-state index in [-0.39, 0.29) is 5.69 Å². The van der Waals surface area contributed by atoms with Gasteiger partial charge in [0.25, 0.3) is 10.0 Å². The summed E-state index contributed by atoms with van der Waals surface area (Å²) in [6.45, 7) is 0. The molecule has 0 fully saturated rings. The Balaban J connectivity index is 2.37. The fourth-order valence-electron chi connectivity index (χ4n) is 1.47. The number of rotatable bonds is 3. The molecular formula is C12H7F4NO2S. The standard InChI is InChI=1S/C12H7F4NO2S/c13-7-3-8(14)5-9(4-7)17-20(18,19)10-1-2-11(15)12(16)6-10/h1-6,17H. The molecule has 0 aliphatic carbocycles. The second-order valence-corrected chi connectivity index (χ2v) is 5.52. The molecule has 2 aromatic carbocycles. The largest absolute Gasteiger partial charge is 0.279 e. The Hall–Kier alpha value is -2.09. The lowest BCUT2D eigenvalue weighted by molar-refractivity contribution is 0.504. The highest BCUT2D eigenvalue weighted by Gasteiger charge is 2.17. The fourth-order valence-corrected chi connectivity index (χ4v) is 2.52. The van der Waals surface area contributed by atoms with Crippen LogP contribution in [-0.4, -0.2) is 8.42 Å². The highest BCUT2D eigenvalue weighted by atomic mass is 32.2. The van der Waals surface area contributed by atoms with E-state index in [1.165, 1.54) is 0 Å². The van der Waals surface area contributed by atoms with Crippen molar-refractivity contribution in [3.05, 3.63) is 59.7 Å².